The van der Waals surface area contributed by atoms with Gasteiger partial charge in [0.2, 0.25) is 0 Å². The summed E-state index contributed by atoms with van der Waals surface area (Å²) in [6.45, 7) is 1.48. The second kappa shape index (κ2) is 9.38. The lowest BCUT2D eigenvalue weighted by atomic mass is 10.1. The van der Waals surface area contributed by atoms with E-state index in [1.165, 1.54) is 15.8 Å². The van der Waals surface area contributed by atoms with Crippen LogP contribution in [0.2, 0.25) is 0 Å². The Kier molecular flexibility index (Phi) is 6.11. The van der Waals surface area contributed by atoms with Gasteiger partial charge in [-0.15, -0.1) is 11.3 Å². The minimum absolute atomic E-state index is 0.0559. The molecule has 5 rings (SSSR count). The van der Waals surface area contributed by atoms with Crippen LogP contribution in [0.5, 0.6) is 5.75 Å². The molecule has 0 saturated carbocycles. The maximum atomic E-state index is 13.2. The summed E-state index contributed by atoms with van der Waals surface area (Å²) in [6, 6.07) is 14.1. The predicted molar refractivity (Wildman–Crippen MR) is 134 cm³/mol. The van der Waals surface area contributed by atoms with Crippen molar-refractivity contribution in [2.24, 2.45) is 0 Å². The van der Waals surface area contributed by atoms with E-state index in [2.05, 4.69) is 4.98 Å². The molecule has 0 atom stereocenters. The van der Waals surface area contributed by atoms with E-state index in [1.54, 1.807) is 32.2 Å². The summed E-state index contributed by atoms with van der Waals surface area (Å²) in [7, 11) is 1.61. The van der Waals surface area contributed by atoms with Crippen LogP contribution in [-0.2, 0) is 22.7 Å². The molecule has 182 valence electrons. The van der Waals surface area contributed by atoms with Gasteiger partial charge in [0.25, 0.3) is 11.5 Å². The predicted octanol–water partition coefficient (Wildman–Crippen LogP) is 3.36. The first kappa shape index (κ1) is 23.4. The van der Waals surface area contributed by atoms with Crippen molar-refractivity contribution in [2.45, 2.75) is 20.1 Å². The first-order chi connectivity index (χ1) is 17.3. The number of amides is 1. The van der Waals surface area contributed by atoms with E-state index in [1.807, 2.05) is 30.3 Å². The van der Waals surface area contributed by atoms with Gasteiger partial charge in [0.05, 0.1) is 23.9 Å². The Hall–Kier alpha value is -4.31. The molecule has 0 N–H and O–H groups in total. The normalized spacial score (nSPS) is 12.8. The van der Waals surface area contributed by atoms with Crippen LogP contribution >= 0.6 is 11.3 Å². The van der Waals surface area contributed by atoms with Gasteiger partial charge in [-0.2, -0.15) is 0 Å². The zero-order chi connectivity index (χ0) is 25.4. The minimum atomic E-state index is -0.531. The maximum absolute atomic E-state index is 13.2. The number of thiophene rings is 1. The van der Waals surface area contributed by atoms with Crippen molar-refractivity contribution in [1.82, 2.24) is 9.55 Å². The molecule has 2 aromatic heterocycles. The highest BCUT2D eigenvalue weighted by Gasteiger charge is 2.24. The van der Waals surface area contributed by atoms with Crippen molar-refractivity contribution in [3.8, 4) is 5.75 Å². The van der Waals surface area contributed by atoms with Crippen LogP contribution in [0.25, 0.3) is 10.2 Å². The molecule has 0 bridgehead atoms. The summed E-state index contributed by atoms with van der Waals surface area (Å²) < 4.78 is 12.0. The smallest absolute Gasteiger partial charge is 0.349 e. The second-order valence-corrected chi connectivity index (χ2v) is 9.32. The Balaban J connectivity index is 1.38. The molecule has 4 aromatic rings. The average molecular weight is 504 g/mol. The fourth-order valence-electron chi connectivity index (χ4n) is 3.95. The molecule has 36 heavy (non-hydrogen) atoms. The van der Waals surface area contributed by atoms with E-state index in [-0.39, 0.29) is 36.8 Å². The number of aromatic nitrogens is 2. The van der Waals surface area contributed by atoms with Crippen LogP contribution in [0.4, 0.5) is 5.69 Å². The van der Waals surface area contributed by atoms with Gasteiger partial charge >= 0.3 is 5.97 Å². The number of rotatable bonds is 6. The Morgan fingerprint density at radius 2 is 1.92 bits per heavy atom. The van der Waals surface area contributed by atoms with Crippen LogP contribution < -0.4 is 15.2 Å². The average Bonchev–Trinajstić information content (AvgIpc) is 3.24. The third-order valence-electron chi connectivity index (χ3n) is 6.00. The Morgan fingerprint density at radius 1 is 1.14 bits per heavy atom. The van der Waals surface area contributed by atoms with E-state index in [4.69, 9.17) is 9.47 Å². The standard InChI is InChI=1S/C26H21N3O6S/c1-15-22-24(36-23(15)26(33)35-12-16-6-4-3-5-7-16)27-14-29(25(22)32)11-19(30)17-8-9-20-18(10-17)28(2)21(31)13-34-20/h3-10,14H,11-13H2,1-2H3. The molecule has 0 spiro atoms. The van der Waals surface area contributed by atoms with Crippen molar-refractivity contribution in [2.75, 3.05) is 18.6 Å². The molecule has 1 aliphatic rings. The van der Waals surface area contributed by atoms with Crippen LogP contribution in [0.15, 0.2) is 59.7 Å². The summed E-state index contributed by atoms with van der Waals surface area (Å²) in [4.78, 5) is 57.3. The van der Waals surface area contributed by atoms with Gasteiger partial charge in [0, 0.05) is 12.6 Å². The number of nitrogens with zero attached hydrogens (tertiary/aromatic N) is 3. The molecule has 3 heterocycles. The van der Waals surface area contributed by atoms with Gasteiger partial charge < -0.3 is 14.4 Å². The zero-order valence-electron chi connectivity index (χ0n) is 19.5. The summed E-state index contributed by atoms with van der Waals surface area (Å²) in [6.07, 6.45) is 1.30. The topological polar surface area (TPSA) is 108 Å². The molecule has 1 amide bonds. The van der Waals surface area contributed by atoms with E-state index >= 15 is 0 Å². The molecular formula is C26H21N3O6S. The van der Waals surface area contributed by atoms with E-state index < -0.39 is 11.5 Å². The number of Topliss-reactive ketones (excluding diaryl/α,β-unsaturated/α-hetero) is 1. The Morgan fingerprint density at radius 3 is 2.69 bits per heavy atom. The monoisotopic (exact) mass is 503 g/mol. The number of likely N-dealkylation sites (N-methyl/N-ethyl adjacent to an activating group) is 1. The Bertz CT molecular complexity index is 1570. The van der Waals surface area contributed by atoms with Crippen LogP contribution in [0.3, 0.4) is 0 Å². The fourth-order valence-corrected chi connectivity index (χ4v) is 4.98. The Labute approximate surface area is 209 Å². The number of ether oxygens (including phenoxy) is 2. The number of carbonyl (C=O) groups excluding carboxylic acids is 3. The van der Waals surface area contributed by atoms with Gasteiger partial charge in [-0.25, -0.2) is 9.78 Å². The van der Waals surface area contributed by atoms with Gasteiger partial charge in [-0.3, -0.25) is 19.0 Å². The van der Waals surface area contributed by atoms with Gasteiger partial charge in [0.15, 0.2) is 12.4 Å². The molecule has 1 aliphatic heterocycles. The number of ketones is 1. The highest BCUT2D eigenvalue weighted by molar-refractivity contribution is 7.20. The van der Waals surface area contributed by atoms with Crippen molar-refractivity contribution >= 4 is 44.9 Å². The van der Waals surface area contributed by atoms with Crippen molar-refractivity contribution < 1.29 is 23.9 Å². The number of esters is 1. The lowest BCUT2D eigenvalue weighted by molar-refractivity contribution is -0.121. The number of hydrogen-bond acceptors (Lipinski definition) is 8. The molecular weight excluding hydrogens is 482 g/mol. The summed E-state index contributed by atoms with van der Waals surface area (Å²) in [5.41, 5.74) is 1.73. The number of benzene rings is 2. The van der Waals surface area contributed by atoms with Crippen molar-refractivity contribution in [1.29, 1.82) is 0 Å². The van der Waals surface area contributed by atoms with E-state index in [9.17, 15) is 19.2 Å². The summed E-state index contributed by atoms with van der Waals surface area (Å²) >= 11 is 1.09. The SMILES string of the molecule is Cc1c(C(=O)OCc2ccccc2)sc2ncn(CC(=O)c3ccc4c(c3)N(C)C(=O)CO4)c(=O)c12. The number of carbonyl (C=O) groups is 3. The molecule has 0 radical (unpaired) electrons. The third-order valence-corrected chi connectivity index (χ3v) is 7.18. The van der Waals surface area contributed by atoms with Crippen molar-refractivity contribution in [3.05, 3.63) is 86.8 Å². The van der Waals surface area contributed by atoms with Crippen LogP contribution in [-0.4, -0.2) is 40.9 Å². The highest BCUT2D eigenvalue weighted by Crippen LogP contribution is 2.32. The molecule has 9 nitrogen and oxygen atoms in total. The summed E-state index contributed by atoms with van der Waals surface area (Å²) in [5, 5.41) is 0.283. The molecule has 0 unspecified atom stereocenters. The fraction of sp³-hybridized carbons (Fsp3) is 0.192. The third kappa shape index (κ3) is 4.27. The summed E-state index contributed by atoms with van der Waals surface area (Å²) in [5.74, 6) is -0.572. The van der Waals surface area contributed by atoms with Gasteiger partial charge in [0.1, 0.15) is 22.1 Å². The van der Waals surface area contributed by atoms with E-state index in [0.29, 0.717) is 32.3 Å². The molecule has 2 aromatic carbocycles. The number of fused-ring (bicyclic) bond motifs is 2. The molecule has 0 fully saturated rings. The zero-order valence-corrected chi connectivity index (χ0v) is 20.3. The van der Waals surface area contributed by atoms with Gasteiger partial charge in [-0.1, -0.05) is 30.3 Å². The van der Waals surface area contributed by atoms with Crippen LogP contribution in [0.1, 0.15) is 31.2 Å². The number of aryl methyl sites for hydroxylation is 1. The molecule has 0 aliphatic carbocycles. The lowest BCUT2D eigenvalue weighted by Crippen LogP contribution is -2.35. The van der Waals surface area contributed by atoms with Crippen LogP contribution in [0, 0.1) is 6.92 Å². The maximum Gasteiger partial charge on any atom is 0.349 e. The van der Waals surface area contributed by atoms with E-state index in [0.717, 1.165) is 16.9 Å². The first-order valence-electron chi connectivity index (χ1n) is 11.1. The quantitative estimate of drug-likeness (QED) is 0.293. The first-order valence-corrected chi connectivity index (χ1v) is 11.9. The van der Waals surface area contributed by atoms with Gasteiger partial charge in [-0.05, 0) is 36.2 Å². The second-order valence-electron chi connectivity index (χ2n) is 8.32. The molecule has 10 heteroatoms. The number of anilines is 1. The lowest BCUT2D eigenvalue weighted by Gasteiger charge is -2.26. The number of hydrogen-bond donors (Lipinski definition) is 0. The molecule has 0 saturated heterocycles. The van der Waals surface area contributed by atoms with Crippen molar-refractivity contribution in [3.63, 3.8) is 0 Å². The highest BCUT2D eigenvalue weighted by atomic mass is 32.1. The largest absolute Gasteiger partial charge is 0.482 e. The minimum Gasteiger partial charge on any atom is -0.482 e.